The van der Waals surface area contributed by atoms with Gasteiger partial charge in [-0.1, -0.05) is 0 Å². The van der Waals surface area contributed by atoms with Crippen molar-refractivity contribution in [3.05, 3.63) is 20.3 Å². The quantitative estimate of drug-likeness (QED) is 0.730. The molecule has 1 aliphatic rings. The fraction of sp³-hybridized carbons (Fsp3) is 0.714. The number of rotatable bonds is 8. The summed E-state index contributed by atoms with van der Waals surface area (Å²) in [5.74, 6) is 0. The number of hydrogen-bond donors (Lipinski definition) is 1. The Morgan fingerprint density at radius 2 is 2.47 bits per heavy atom. The number of thiophene rings is 1. The third-order valence-electron chi connectivity index (χ3n) is 3.18. The van der Waals surface area contributed by atoms with Gasteiger partial charge in [0.05, 0.1) is 12.7 Å². The molecular weight excluding hydrogens is 326 g/mol. The van der Waals surface area contributed by atoms with Gasteiger partial charge in [0.25, 0.3) is 0 Å². The van der Waals surface area contributed by atoms with E-state index in [0.717, 1.165) is 45.8 Å². The molecule has 0 radical (unpaired) electrons. The maximum absolute atomic E-state index is 5.62. The second-order valence-electron chi connectivity index (χ2n) is 4.86. The first-order valence-electron chi connectivity index (χ1n) is 6.90. The Morgan fingerprint density at radius 1 is 1.58 bits per heavy atom. The van der Waals surface area contributed by atoms with E-state index in [1.54, 1.807) is 0 Å². The van der Waals surface area contributed by atoms with Crippen LogP contribution in [0, 0.1) is 6.92 Å². The topological polar surface area (TPSA) is 30.5 Å². The summed E-state index contributed by atoms with van der Waals surface area (Å²) in [6.07, 6.45) is 3.74. The Hall–Kier alpha value is 0.0600. The van der Waals surface area contributed by atoms with Crippen LogP contribution in [0.15, 0.2) is 10.5 Å². The van der Waals surface area contributed by atoms with Crippen LogP contribution in [-0.4, -0.2) is 32.5 Å². The van der Waals surface area contributed by atoms with Gasteiger partial charge >= 0.3 is 0 Å². The van der Waals surface area contributed by atoms with Crippen molar-refractivity contribution in [1.82, 2.24) is 5.32 Å². The van der Waals surface area contributed by atoms with Gasteiger partial charge in [0.15, 0.2) is 0 Å². The van der Waals surface area contributed by atoms with Crippen molar-refractivity contribution in [2.45, 2.75) is 38.8 Å². The monoisotopic (exact) mass is 347 g/mol. The molecule has 1 atom stereocenters. The molecule has 1 aliphatic heterocycles. The highest BCUT2D eigenvalue weighted by molar-refractivity contribution is 9.10. The van der Waals surface area contributed by atoms with Crippen molar-refractivity contribution in [2.24, 2.45) is 0 Å². The standard InChI is InChI=1S/C14H22BrNO2S/c1-11-14(15)8-13(19-11)9-16-5-3-6-17-10-12-4-2-7-18-12/h8,12,16H,2-7,9-10H2,1H3. The normalized spacial score (nSPS) is 19.2. The Morgan fingerprint density at radius 3 is 3.16 bits per heavy atom. The van der Waals surface area contributed by atoms with E-state index in [9.17, 15) is 0 Å². The number of ether oxygens (including phenoxy) is 2. The molecule has 1 saturated heterocycles. The van der Waals surface area contributed by atoms with E-state index >= 15 is 0 Å². The Kier molecular flexibility index (Phi) is 6.81. The zero-order chi connectivity index (χ0) is 13.5. The lowest BCUT2D eigenvalue weighted by molar-refractivity contribution is 0.0166. The van der Waals surface area contributed by atoms with Gasteiger partial charge in [-0.05, 0) is 54.7 Å². The molecule has 5 heteroatoms. The van der Waals surface area contributed by atoms with Gasteiger partial charge in [-0.3, -0.25) is 0 Å². The van der Waals surface area contributed by atoms with Crippen LogP contribution in [0.3, 0.4) is 0 Å². The molecule has 1 fully saturated rings. The van der Waals surface area contributed by atoms with Crippen LogP contribution in [0.25, 0.3) is 0 Å². The van der Waals surface area contributed by atoms with Crippen LogP contribution in [-0.2, 0) is 16.0 Å². The van der Waals surface area contributed by atoms with Crippen LogP contribution in [0.2, 0.25) is 0 Å². The first kappa shape index (κ1) is 15.4. The van der Waals surface area contributed by atoms with Crippen molar-refractivity contribution in [3.8, 4) is 0 Å². The highest BCUT2D eigenvalue weighted by Gasteiger charge is 2.14. The van der Waals surface area contributed by atoms with Gasteiger partial charge in [0.1, 0.15) is 0 Å². The van der Waals surface area contributed by atoms with Crippen molar-refractivity contribution in [2.75, 3.05) is 26.4 Å². The first-order valence-corrected chi connectivity index (χ1v) is 8.51. The molecule has 2 heterocycles. The van der Waals surface area contributed by atoms with E-state index in [1.165, 1.54) is 20.6 Å². The second kappa shape index (κ2) is 8.37. The summed E-state index contributed by atoms with van der Waals surface area (Å²) in [7, 11) is 0. The van der Waals surface area contributed by atoms with Crippen LogP contribution in [0.1, 0.15) is 29.0 Å². The summed E-state index contributed by atoms with van der Waals surface area (Å²) < 4.78 is 12.3. The fourth-order valence-corrected chi connectivity index (χ4v) is 3.68. The van der Waals surface area contributed by atoms with Crippen molar-refractivity contribution >= 4 is 27.3 Å². The van der Waals surface area contributed by atoms with Crippen LogP contribution in [0.4, 0.5) is 0 Å². The Bertz CT molecular complexity index is 358. The van der Waals surface area contributed by atoms with E-state index in [4.69, 9.17) is 9.47 Å². The van der Waals surface area contributed by atoms with Gasteiger partial charge < -0.3 is 14.8 Å². The molecule has 3 nitrogen and oxygen atoms in total. The zero-order valence-corrected chi connectivity index (χ0v) is 13.8. The average molecular weight is 348 g/mol. The SMILES string of the molecule is Cc1sc(CNCCCOCC2CCCO2)cc1Br. The highest BCUT2D eigenvalue weighted by Crippen LogP contribution is 2.25. The lowest BCUT2D eigenvalue weighted by Gasteiger charge is -2.10. The molecule has 0 bridgehead atoms. The lowest BCUT2D eigenvalue weighted by Crippen LogP contribution is -2.18. The third kappa shape index (κ3) is 5.52. The molecule has 0 aliphatic carbocycles. The molecule has 0 spiro atoms. The van der Waals surface area contributed by atoms with Crippen molar-refractivity contribution in [1.29, 1.82) is 0 Å². The predicted molar refractivity (Wildman–Crippen MR) is 82.9 cm³/mol. The number of hydrogen-bond acceptors (Lipinski definition) is 4. The van der Waals surface area contributed by atoms with Gasteiger partial charge in [-0.2, -0.15) is 0 Å². The number of halogens is 1. The largest absolute Gasteiger partial charge is 0.379 e. The summed E-state index contributed by atoms with van der Waals surface area (Å²) in [4.78, 5) is 2.72. The molecule has 2 rings (SSSR count). The van der Waals surface area contributed by atoms with Gasteiger partial charge in [-0.15, -0.1) is 11.3 Å². The molecule has 0 aromatic carbocycles. The number of nitrogens with one attached hydrogen (secondary N) is 1. The first-order chi connectivity index (χ1) is 9.25. The summed E-state index contributed by atoms with van der Waals surface area (Å²) >= 11 is 5.38. The van der Waals surface area contributed by atoms with Crippen LogP contribution >= 0.6 is 27.3 Å². The van der Waals surface area contributed by atoms with E-state index in [1.807, 2.05) is 11.3 Å². The second-order valence-corrected chi connectivity index (χ2v) is 7.05. The minimum Gasteiger partial charge on any atom is -0.379 e. The van der Waals surface area contributed by atoms with Gasteiger partial charge in [-0.25, -0.2) is 0 Å². The molecule has 0 amide bonds. The molecule has 1 N–H and O–H groups in total. The van der Waals surface area contributed by atoms with Crippen LogP contribution in [0.5, 0.6) is 0 Å². The molecule has 19 heavy (non-hydrogen) atoms. The van der Waals surface area contributed by atoms with E-state index in [2.05, 4.69) is 34.2 Å². The maximum atomic E-state index is 5.62. The van der Waals surface area contributed by atoms with E-state index < -0.39 is 0 Å². The summed E-state index contributed by atoms with van der Waals surface area (Å²) in [6, 6.07) is 2.20. The molecule has 108 valence electrons. The van der Waals surface area contributed by atoms with E-state index in [-0.39, 0.29) is 0 Å². The summed E-state index contributed by atoms with van der Waals surface area (Å²) in [5.41, 5.74) is 0. The third-order valence-corrected chi connectivity index (χ3v) is 5.31. The Balaban J connectivity index is 1.45. The van der Waals surface area contributed by atoms with E-state index in [0.29, 0.717) is 6.10 Å². The summed E-state index contributed by atoms with van der Waals surface area (Å²) in [6.45, 7) is 6.57. The van der Waals surface area contributed by atoms with Gasteiger partial charge in [0.2, 0.25) is 0 Å². The summed E-state index contributed by atoms with van der Waals surface area (Å²) in [5, 5.41) is 3.45. The van der Waals surface area contributed by atoms with Crippen molar-refractivity contribution in [3.63, 3.8) is 0 Å². The lowest BCUT2D eigenvalue weighted by atomic mass is 10.2. The molecular formula is C14H22BrNO2S. The Labute approximate surface area is 127 Å². The van der Waals surface area contributed by atoms with Crippen LogP contribution < -0.4 is 5.32 Å². The number of aryl methyl sites for hydroxylation is 1. The highest BCUT2D eigenvalue weighted by atomic mass is 79.9. The zero-order valence-electron chi connectivity index (χ0n) is 11.4. The average Bonchev–Trinajstić information content (AvgIpc) is 2.99. The molecule has 1 unspecified atom stereocenters. The minimum absolute atomic E-state index is 0.347. The molecule has 0 saturated carbocycles. The van der Waals surface area contributed by atoms with Gasteiger partial charge in [0, 0.05) is 34.0 Å². The minimum atomic E-state index is 0.347. The maximum Gasteiger partial charge on any atom is 0.0809 e. The smallest absolute Gasteiger partial charge is 0.0809 e. The molecule has 1 aromatic rings. The van der Waals surface area contributed by atoms with Crippen molar-refractivity contribution < 1.29 is 9.47 Å². The fourth-order valence-electron chi connectivity index (χ4n) is 2.11. The predicted octanol–water partition coefficient (Wildman–Crippen LogP) is 3.49. The molecule has 1 aromatic heterocycles.